The Morgan fingerprint density at radius 3 is 2.41 bits per heavy atom. The number of ether oxygens (including phenoxy) is 1. The lowest BCUT2D eigenvalue weighted by Crippen LogP contribution is -2.05. The van der Waals surface area contributed by atoms with Gasteiger partial charge in [-0.05, 0) is 37.8 Å². The molecule has 0 amide bonds. The summed E-state index contributed by atoms with van der Waals surface area (Å²) in [5.74, 6) is 0.0311. The van der Waals surface area contributed by atoms with Gasteiger partial charge < -0.3 is 4.74 Å². The number of benzene rings is 1. The van der Waals surface area contributed by atoms with Crippen molar-refractivity contribution in [1.82, 2.24) is 0 Å². The first-order valence-corrected chi connectivity index (χ1v) is 13.2. The molecule has 0 spiro atoms. The van der Waals surface area contributed by atoms with Crippen LogP contribution in [0, 0.1) is 16.0 Å². The number of rotatable bonds is 16. The average molecular weight is 488 g/mol. The van der Waals surface area contributed by atoms with Crippen molar-refractivity contribution in [3.05, 3.63) is 57.0 Å². The number of hydrogen-bond acceptors (Lipinski definition) is 6. The number of hydrogen-bond donors (Lipinski definition) is 0. The number of ketones is 1. The molecular weight excluding hydrogens is 450 g/mol. The highest BCUT2D eigenvalue weighted by atomic mass is 32.2. The Morgan fingerprint density at radius 1 is 1.06 bits per heavy atom. The summed E-state index contributed by atoms with van der Waals surface area (Å²) in [6.45, 7) is 2.21. The Hall–Kier alpha value is -2.41. The lowest BCUT2D eigenvalue weighted by molar-refractivity contribution is -0.384. The topological polar surface area (TPSA) is 86.5 Å². The normalized spacial score (nSPS) is 16.6. The highest BCUT2D eigenvalue weighted by Crippen LogP contribution is 2.40. The van der Waals surface area contributed by atoms with Crippen molar-refractivity contribution >= 4 is 29.2 Å². The number of allylic oxidation sites excluding steroid dienone is 4. The molecule has 2 rings (SSSR count). The van der Waals surface area contributed by atoms with Gasteiger partial charge in [0.05, 0.1) is 16.9 Å². The third-order valence-corrected chi connectivity index (χ3v) is 7.11. The highest BCUT2D eigenvalue weighted by Gasteiger charge is 2.30. The number of methoxy groups -OCH3 is 1. The van der Waals surface area contributed by atoms with Gasteiger partial charge in [0.15, 0.2) is 5.78 Å². The van der Waals surface area contributed by atoms with Crippen molar-refractivity contribution in [2.45, 2.75) is 88.9 Å². The van der Waals surface area contributed by atoms with Crippen molar-refractivity contribution in [2.24, 2.45) is 5.92 Å². The minimum atomic E-state index is -0.420. The van der Waals surface area contributed by atoms with E-state index in [1.54, 1.807) is 12.1 Å². The van der Waals surface area contributed by atoms with Gasteiger partial charge in [-0.25, -0.2) is 0 Å². The average Bonchev–Trinajstić information content (AvgIpc) is 3.12. The molecule has 1 aliphatic carbocycles. The van der Waals surface area contributed by atoms with Crippen molar-refractivity contribution in [2.75, 3.05) is 7.11 Å². The molecule has 186 valence electrons. The van der Waals surface area contributed by atoms with Crippen LogP contribution >= 0.6 is 11.8 Å². The Morgan fingerprint density at radius 2 is 1.74 bits per heavy atom. The van der Waals surface area contributed by atoms with Crippen LogP contribution < -0.4 is 0 Å². The van der Waals surface area contributed by atoms with E-state index in [1.165, 1.54) is 63.1 Å². The van der Waals surface area contributed by atoms with Gasteiger partial charge >= 0.3 is 5.97 Å². The number of unbranched alkanes of at least 4 members (excludes halogenated alkanes) is 8. The van der Waals surface area contributed by atoms with Crippen LogP contribution in [0.3, 0.4) is 0 Å². The minimum Gasteiger partial charge on any atom is -0.469 e. The van der Waals surface area contributed by atoms with Crippen LogP contribution in [0.1, 0.15) is 84.0 Å². The van der Waals surface area contributed by atoms with Gasteiger partial charge in [-0.3, -0.25) is 19.7 Å². The van der Waals surface area contributed by atoms with E-state index >= 15 is 0 Å². The van der Waals surface area contributed by atoms with E-state index in [0.29, 0.717) is 11.3 Å². The van der Waals surface area contributed by atoms with E-state index in [-0.39, 0.29) is 23.4 Å². The molecule has 6 nitrogen and oxygen atoms in total. The summed E-state index contributed by atoms with van der Waals surface area (Å²) in [5, 5.41) is 10.9. The first kappa shape index (κ1) is 27.8. The summed E-state index contributed by atoms with van der Waals surface area (Å²) in [6.07, 6.45) is 16.3. The predicted octanol–water partition coefficient (Wildman–Crippen LogP) is 7.57. The lowest BCUT2D eigenvalue weighted by atomic mass is 9.94. The summed E-state index contributed by atoms with van der Waals surface area (Å²) >= 11 is 1.39. The minimum absolute atomic E-state index is 0.0461. The van der Waals surface area contributed by atoms with E-state index < -0.39 is 4.92 Å². The molecule has 0 unspecified atom stereocenters. The van der Waals surface area contributed by atoms with Gasteiger partial charge in [0.2, 0.25) is 0 Å². The second-order valence-corrected chi connectivity index (χ2v) is 9.83. The molecule has 0 aliphatic heterocycles. The largest absolute Gasteiger partial charge is 0.469 e. The number of carbonyl (C=O) groups is 2. The number of nitro benzene ring substituents is 1. The molecule has 0 saturated carbocycles. The third-order valence-electron chi connectivity index (χ3n) is 6.06. The molecule has 1 aliphatic rings. The maximum absolute atomic E-state index is 13.2. The zero-order chi connectivity index (χ0) is 24.8. The molecule has 34 heavy (non-hydrogen) atoms. The summed E-state index contributed by atoms with van der Waals surface area (Å²) in [7, 11) is 1.40. The van der Waals surface area contributed by atoms with Gasteiger partial charge in [-0.1, -0.05) is 75.8 Å². The molecular formula is C27H37NO5S. The Balaban J connectivity index is 1.97. The number of carbonyl (C=O) groups excluding carboxylic acids is 2. The monoisotopic (exact) mass is 487 g/mol. The summed E-state index contributed by atoms with van der Waals surface area (Å²) in [4.78, 5) is 36.4. The molecule has 0 heterocycles. The fourth-order valence-corrected chi connectivity index (χ4v) is 5.05. The van der Waals surface area contributed by atoms with Gasteiger partial charge in [-0.15, -0.1) is 0 Å². The van der Waals surface area contributed by atoms with Gasteiger partial charge in [0.25, 0.3) is 5.69 Å². The summed E-state index contributed by atoms with van der Waals surface area (Å²) in [5.41, 5.74) is 0.927. The fourth-order valence-electron chi connectivity index (χ4n) is 4.08. The quantitative estimate of drug-likeness (QED) is 0.0785. The number of non-ortho nitro benzene ring substituents is 1. The maximum Gasteiger partial charge on any atom is 0.305 e. The predicted molar refractivity (Wildman–Crippen MR) is 137 cm³/mol. The number of esters is 1. The molecule has 0 fully saturated rings. The van der Waals surface area contributed by atoms with Crippen LogP contribution in [0.25, 0.3) is 0 Å². The standard InChI is InChI=1S/C27H37NO5S/c1-3-4-5-6-7-10-13-21-20-25(34-23-18-16-22(17-19-23)28(31)32)27(30)24(21)14-11-8-9-12-15-26(29)33-2/h14,16-21H,3-13,15H2,1-2H3/b24-14-/t21-/m1/s1. The second kappa shape index (κ2) is 15.5. The van der Waals surface area contributed by atoms with Crippen LogP contribution in [-0.2, 0) is 14.3 Å². The zero-order valence-electron chi connectivity index (χ0n) is 20.4. The van der Waals surface area contributed by atoms with Gasteiger partial charge in [-0.2, -0.15) is 0 Å². The molecule has 1 aromatic rings. The molecule has 0 radical (unpaired) electrons. The van der Waals surface area contributed by atoms with E-state index in [1.807, 2.05) is 0 Å². The summed E-state index contributed by atoms with van der Waals surface area (Å²) < 4.78 is 4.68. The van der Waals surface area contributed by atoms with E-state index in [2.05, 4.69) is 23.8 Å². The van der Waals surface area contributed by atoms with Crippen LogP contribution in [0.5, 0.6) is 0 Å². The first-order chi connectivity index (χ1) is 16.5. The van der Waals surface area contributed by atoms with Crippen molar-refractivity contribution in [1.29, 1.82) is 0 Å². The molecule has 0 bridgehead atoms. The Labute approximate surface area is 207 Å². The smallest absolute Gasteiger partial charge is 0.305 e. The fraction of sp³-hybridized carbons (Fsp3) is 0.556. The third kappa shape index (κ3) is 9.45. The van der Waals surface area contributed by atoms with E-state index in [9.17, 15) is 19.7 Å². The SMILES string of the molecule is CCCCCCCC[C@@H]1C=C(Sc2ccc([N+](=O)[O-])cc2)C(=O)/C1=C\CCCCCC(=O)OC. The van der Waals surface area contributed by atoms with Gasteiger partial charge in [0, 0.05) is 34.9 Å². The van der Waals surface area contributed by atoms with Crippen molar-refractivity contribution in [3.63, 3.8) is 0 Å². The van der Waals surface area contributed by atoms with Gasteiger partial charge in [0.1, 0.15) is 0 Å². The number of nitro groups is 1. The number of Topliss-reactive ketones (excluding diaryl/α,β-unsaturated/α-hetero) is 1. The number of nitrogens with zero attached hydrogens (tertiary/aromatic N) is 1. The van der Waals surface area contributed by atoms with Crippen LogP contribution in [0.15, 0.2) is 51.8 Å². The first-order valence-electron chi connectivity index (χ1n) is 12.4. The van der Waals surface area contributed by atoms with Crippen LogP contribution in [0.4, 0.5) is 5.69 Å². The molecule has 0 aromatic heterocycles. The maximum atomic E-state index is 13.2. The Bertz CT molecular complexity index is 876. The van der Waals surface area contributed by atoms with Crippen molar-refractivity contribution < 1.29 is 19.2 Å². The van der Waals surface area contributed by atoms with E-state index in [4.69, 9.17) is 0 Å². The number of thioether (sulfide) groups is 1. The van der Waals surface area contributed by atoms with Crippen LogP contribution in [0.2, 0.25) is 0 Å². The molecule has 1 atom stereocenters. The molecule has 0 N–H and O–H groups in total. The van der Waals surface area contributed by atoms with Crippen molar-refractivity contribution in [3.8, 4) is 0 Å². The second-order valence-electron chi connectivity index (χ2n) is 8.71. The zero-order valence-corrected chi connectivity index (χ0v) is 21.2. The molecule has 1 aromatic carbocycles. The molecule has 7 heteroatoms. The molecule has 0 saturated heterocycles. The van der Waals surface area contributed by atoms with E-state index in [0.717, 1.165) is 49.0 Å². The lowest BCUT2D eigenvalue weighted by Gasteiger charge is -2.10. The summed E-state index contributed by atoms with van der Waals surface area (Å²) in [6, 6.07) is 6.34. The highest BCUT2D eigenvalue weighted by molar-refractivity contribution is 8.04. The van der Waals surface area contributed by atoms with Crippen LogP contribution in [-0.4, -0.2) is 23.8 Å². The Kier molecular flexibility index (Phi) is 12.7.